The van der Waals surface area contributed by atoms with Gasteiger partial charge in [-0.1, -0.05) is 6.07 Å². The number of nitrogens with two attached hydrogens (primary N) is 1. The van der Waals surface area contributed by atoms with Gasteiger partial charge < -0.3 is 20.5 Å². The molecule has 5 heteroatoms. The van der Waals surface area contributed by atoms with Crippen LogP contribution in [0.2, 0.25) is 0 Å². The molecule has 0 aliphatic heterocycles. The summed E-state index contributed by atoms with van der Waals surface area (Å²) in [6.07, 6.45) is 0. The number of ether oxygens (including phenoxy) is 1. The predicted molar refractivity (Wildman–Crippen MR) is 78.7 cm³/mol. The first-order chi connectivity index (χ1) is 9.47. The number of aromatic carboxylic acids is 1. The third-order valence-corrected chi connectivity index (χ3v) is 2.82. The molecular weight excluding hydrogens is 256 g/mol. The average molecular weight is 272 g/mol. The number of benzene rings is 2. The maximum atomic E-state index is 11.0. The van der Waals surface area contributed by atoms with Crippen LogP contribution < -0.4 is 15.4 Å². The number of carboxylic acids is 1. The predicted octanol–water partition coefficient (Wildman–Crippen LogP) is 2.83. The van der Waals surface area contributed by atoms with E-state index in [0.717, 1.165) is 5.69 Å². The van der Waals surface area contributed by atoms with Gasteiger partial charge in [0, 0.05) is 31.5 Å². The second-order valence-electron chi connectivity index (χ2n) is 4.55. The Morgan fingerprint density at radius 3 is 2.50 bits per heavy atom. The number of carboxylic acid groups (broad SMARTS) is 1. The van der Waals surface area contributed by atoms with E-state index in [-0.39, 0.29) is 11.3 Å². The first-order valence-electron chi connectivity index (χ1n) is 6.05. The normalized spacial score (nSPS) is 10.1. The summed E-state index contributed by atoms with van der Waals surface area (Å²) in [5.41, 5.74) is 6.85. The largest absolute Gasteiger partial charge is 0.478 e. The average Bonchev–Trinajstić information content (AvgIpc) is 2.41. The Hall–Kier alpha value is -2.69. The Morgan fingerprint density at radius 2 is 1.85 bits per heavy atom. The molecule has 0 saturated carbocycles. The van der Waals surface area contributed by atoms with Crippen molar-refractivity contribution in [2.75, 3.05) is 24.7 Å². The highest BCUT2D eigenvalue weighted by molar-refractivity contribution is 5.94. The molecule has 2 aromatic rings. The molecule has 104 valence electrons. The first kappa shape index (κ1) is 13.7. The van der Waals surface area contributed by atoms with Crippen LogP contribution in [0.25, 0.3) is 0 Å². The van der Waals surface area contributed by atoms with E-state index >= 15 is 0 Å². The van der Waals surface area contributed by atoms with Crippen molar-refractivity contribution in [3.8, 4) is 11.5 Å². The molecule has 3 N–H and O–H groups in total. The molecule has 0 bridgehead atoms. The second-order valence-corrected chi connectivity index (χ2v) is 4.55. The lowest BCUT2D eigenvalue weighted by Gasteiger charge is -2.14. The molecule has 0 atom stereocenters. The molecule has 2 rings (SSSR count). The molecule has 0 aliphatic rings. The number of anilines is 2. The topological polar surface area (TPSA) is 75.8 Å². The highest BCUT2D eigenvalue weighted by atomic mass is 16.5. The second kappa shape index (κ2) is 5.52. The number of carbonyl (C=O) groups is 1. The number of hydrogen-bond acceptors (Lipinski definition) is 4. The fourth-order valence-electron chi connectivity index (χ4n) is 1.75. The summed E-state index contributed by atoms with van der Waals surface area (Å²) in [5.74, 6) is -0.000177. The van der Waals surface area contributed by atoms with Crippen LogP contribution in [-0.4, -0.2) is 25.2 Å². The summed E-state index contributed by atoms with van der Waals surface area (Å²) >= 11 is 0. The SMILES string of the molecule is CN(C)c1cccc(Oc2ccc(N)c(C(=O)O)c2)c1. The van der Waals surface area contributed by atoms with Crippen LogP contribution in [0.15, 0.2) is 42.5 Å². The van der Waals surface area contributed by atoms with Gasteiger partial charge in [-0.15, -0.1) is 0 Å². The highest BCUT2D eigenvalue weighted by Crippen LogP contribution is 2.27. The smallest absolute Gasteiger partial charge is 0.337 e. The van der Waals surface area contributed by atoms with Gasteiger partial charge >= 0.3 is 5.97 Å². The van der Waals surface area contributed by atoms with Gasteiger partial charge in [-0.25, -0.2) is 4.79 Å². The zero-order valence-corrected chi connectivity index (χ0v) is 11.3. The molecule has 0 radical (unpaired) electrons. The zero-order chi connectivity index (χ0) is 14.7. The van der Waals surface area contributed by atoms with E-state index in [9.17, 15) is 4.79 Å². The molecule has 0 amide bonds. The van der Waals surface area contributed by atoms with Crippen LogP contribution in [0.1, 0.15) is 10.4 Å². The van der Waals surface area contributed by atoms with E-state index in [1.807, 2.05) is 43.3 Å². The number of hydrogen-bond donors (Lipinski definition) is 2. The Morgan fingerprint density at radius 1 is 1.15 bits per heavy atom. The van der Waals surface area contributed by atoms with Crippen molar-refractivity contribution in [1.82, 2.24) is 0 Å². The summed E-state index contributed by atoms with van der Waals surface area (Å²) < 4.78 is 5.67. The third-order valence-electron chi connectivity index (χ3n) is 2.82. The van der Waals surface area contributed by atoms with Crippen molar-refractivity contribution >= 4 is 17.3 Å². The van der Waals surface area contributed by atoms with Crippen molar-refractivity contribution < 1.29 is 14.6 Å². The zero-order valence-electron chi connectivity index (χ0n) is 11.3. The number of rotatable bonds is 4. The lowest BCUT2D eigenvalue weighted by atomic mass is 10.2. The van der Waals surface area contributed by atoms with Crippen LogP contribution in [0.4, 0.5) is 11.4 Å². The van der Waals surface area contributed by atoms with E-state index in [1.54, 1.807) is 6.07 Å². The molecule has 0 saturated heterocycles. The van der Waals surface area contributed by atoms with Crippen molar-refractivity contribution in [1.29, 1.82) is 0 Å². The lowest BCUT2D eigenvalue weighted by Crippen LogP contribution is -2.08. The minimum Gasteiger partial charge on any atom is -0.478 e. The Balaban J connectivity index is 2.28. The summed E-state index contributed by atoms with van der Waals surface area (Å²) in [7, 11) is 3.87. The van der Waals surface area contributed by atoms with Crippen LogP contribution in [0, 0.1) is 0 Å². The highest BCUT2D eigenvalue weighted by Gasteiger charge is 2.10. The monoisotopic (exact) mass is 272 g/mol. The van der Waals surface area contributed by atoms with Gasteiger partial charge in [-0.2, -0.15) is 0 Å². The van der Waals surface area contributed by atoms with Gasteiger partial charge in [0.05, 0.1) is 5.56 Å². The van der Waals surface area contributed by atoms with Gasteiger partial charge in [-0.3, -0.25) is 0 Å². The minimum absolute atomic E-state index is 0.0336. The Kier molecular flexibility index (Phi) is 3.79. The van der Waals surface area contributed by atoms with Crippen molar-refractivity contribution in [3.05, 3.63) is 48.0 Å². The van der Waals surface area contributed by atoms with E-state index in [4.69, 9.17) is 15.6 Å². The summed E-state index contributed by atoms with van der Waals surface area (Å²) in [4.78, 5) is 13.0. The van der Waals surface area contributed by atoms with Gasteiger partial charge in [0.2, 0.25) is 0 Å². The fraction of sp³-hybridized carbons (Fsp3) is 0.133. The summed E-state index contributed by atoms with van der Waals surface area (Å²) in [6.45, 7) is 0. The standard InChI is InChI=1S/C15H16N2O3/c1-17(2)10-4-3-5-11(8-10)20-12-6-7-14(16)13(9-12)15(18)19/h3-9H,16H2,1-2H3,(H,18,19). The molecule has 2 aromatic carbocycles. The lowest BCUT2D eigenvalue weighted by molar-refractivity contribution is 0.0697. The number of nitrogen functional groups attached to an aromatic ring is 1. The third kappa shape index (κ3) is 3.00. The molecule has 20 heavy (non-hydrogen) atoms. The van der Waals surface area contributed by atoms with E-state index in [1.165, 1.54) is 12.1 Å². The fourth-order valence-corrected chi connectivity index (χ4v) is 1.75. The molecule has 0 aliphatic carbocycles. The van der Waals surface area contributed by atoms with Crippen LogP contribution in [-0.2, 0) is 0 Å². The van der Waals surface area contributed by atoms with Crippen LogP contribution in [0.3, 0.4) is 0 Å². The van der Waals surface area contributed by atoms with Crippen molar-refractivity contribution in [2.45, 2.75) is 0 Å². The maximum absolute atomic E-state index is 11.0. The maximum Gasteiger partial charge on any atom is 0.337 e. The van der Waals surface area contributed by atoms with Crippen molar-refractivity contribution in [3.63, 3.8) is 0 Å². The van der Waals surface area contributed by atoms with Crippen LogP contribution >= 0.6 is 0 Å². The quantitative estimate of drug-likeness (QED) is 0.837. The summed E-state index contributed by atoms with van der Waals surface area (Å²) in [6, 6.07) is 12.1. The molecular formula is C15H16N2O3. The first-order valence-corrected chi connectivity index (χ1v) is 6.05. The Labute approximate surface area is 117 Å². The van der Waals surface area contributed by atoms with Gasteiger partial charge in [0.1, 0.15) is 11.5 Å². The van der Waals surface area contributed by atoms with Gasteiger partial charge in [-0.05, 0) is 30.3 Å². The summed E-state index contributed by atoms with van der Waals surface area (Å²) in [5, 5.41) is 9.03. The molecule has 0 spiro atoms. The van der Waals surface area contributed by atoms with Crippen molar-refractivity contribution in [2.24, 2.45) is 0 Å². The molecule has 0 unspecified atom stereocenters. The molecule has 0 heterocycles. The van der Waals surface area contributed by atoms with Gasteiger partial charge in [0.15, 0.2) is 0 Å². The number of nitrogens with zero attached hydrogens (tertiary/aromatic N) is 1. The molecule has 0 fully saturated rings. The molecule has 0 aromatic heterocycles. The van der Waals surface area contributed by atoms with E-state index < -0.39 is 5.97 Å². The Bertz CT molecular complexity index is 639. The molecule has 5 nitrogen and oxygen atoms in total. The van der Waals surface area contributed by atoms with E-state index in [2.05, 4.69) is 0 Å². The van der Waals surface area contributed by atoms with Gasteiger partial charge in [0.25, 0.3) is 0 Å². The van der Waals surface area contributed by atoms with Crippen LogP contribution in [0.5, 0.6) is 11.5 Å². The minimum atomic E-state index is -1.07. The van der Waals surface area contributed by atoms with E-state index in [0.29, 0.717) is 11.5 Å².